The first-order valence-corrected chi connectivity index (χ1v) is 8.71. The number of ether oxygens (including phenoxy) is 1. The summed E-state index contributed by atoms with van der Waals surface area (Å²) in [5.74, 6) is 0.360. The highest BCUT2D eigenvalue weighted by Crippen LogP contribution is 2.15. The molecular weight excluding hydrogens is 332 g/mol. The van der Waals surface area contributed by atoms with E-state index in [9.17, 15) is 4.79 Å². The Morgan fingerprint density at radius 1 is 1.35 bits per heavy atom. The maximum Gasteiger partial charge on any atom is 0.293 e. The molecule has 0 amide bonds. The molecule has 8 heteroatoms. The van der Waals surface area contributed by atoms with Gasteiger partial charge in [0.1, 0.15) is 0 Å². The van der Waals surface area contributed by atoms with Crippen molar-refractivity contribution in [2.45, 2.75) is 12.6 Å². The van der Waals surface area contributed by atoms with Crippen LogP contribution in [0.25, 0.3) is 5.52 Å². The van der Waals surface area contributed by atoms with Crippen LogP contribution in [0, 0.1) is 0 Å². The van der Waals surface area contributed by atoms with E-state index in [4.69, 9.17) is 4.74 Å². The molecular formula is C18H22N6O2. The van der Waals surface area contributed by atoms with Crippen molar-refractivity contribution < 1.29 is 4.74 Å². The van der Waals surface area contributed by atoms with Crippen LogP contribution < -0.4 is 10.9 Å². The number of anilines is 1. The summed E-state index contributed by atoms with van der Waals surface area (Å²) < 4.78 is 9.25. The van der Waals surface area contributed by atoms with Crippen molar-refractivity contribution in [3.05, 3.63) is 58.9 Å². The quantitative estimate of drug-likeness (QED) is 0.728. The van der Waals surface area contributed by atoms with Crippen LogP contribution >= 0.6 is 0 Å². The summed E-state index contributed by atoms with van der Waals surface area (Å²) in [7, 11) is 1.71. The van der Waals surface area contributed by atoms with Crippen LogP contribution in [0.1, 0.15) is 5.56 Å². The fraction of sp³-hybridized carbons (Fsp3) is 0.389. The first-order valence-electron chi connectivity index (χ1n) is 8.71. The molecule has 1 aliphatic rings. The third-order valence-electron chi connectivity index (χ3n) is 4.64. The molecule has 136 valence electrons. The Bertz CT molecular complexity index is 950. The van der Waals surface area contributed by atoms with Crippen molar-refractivity contribution in [2.75, 3.05) is 31.6 Å². The Morgan fingerprint density at radius 2 is 2.27 bits per heavy atom. The van der Waals surface area contributed by atoms with Gasteiger partial charge in [-0.05, 0) is 12.1 Å². The highest BCUT2D eigenvalue weighted by Gasteiger charge is 2.21. The molecule has 4 rings (SSSR count). The van der Waals surface area contributed by atoms with Gasteiger partial charge in [-0.1, -0.05) is 6.07 Å². The standard InChI is InChI=1S/C18H22N6O2/c1-22-7-5-19-17(18(22)25)20-11-15-13-23(8-9-26-15)12-14-10-21-24-6-3-2-4-16(14)24/h2-7,10,15H,8-9,11-13H2,1H3,(H,19,20). The molecule has 26 heavy (non-hydrogen) atoms. The summed E-state index contributed by atoms with van der Waals surface area (Å²) in [6.45, 7) is 3.73. The van der Waals surface area contributed by atoms with Crippen LogP contribution in [0.5, 0.6) is 0 Å². The second kappa shape index (κ2) is 7.27. The van der Waals surface area contributed by atoms with E-state index in [1.54, 1.807) is 19.4 Å². The van der Waals surface area contributed by atoms with Gasteiger partial charge >= 0.3 is 0 Å². The first kappa shape index (κ1) is 16.7. The average Bonchev–Trinajstić information content (AvgIpc) is 3.06. The predicted molar refractivity (Wildman–Crippen MR) is 98.2 cm³/mol. The number of hydrogen-bond acceptors (Lipinski definition) is 6. The first-order chi connectivity index (χ1) is 12.7. The molecule has 8 nitrogen and oxygen atoms in total. The fourth-order valence-corrected chi connectivity index (χ4v) is 3.23. The minimum Gasteiger partial charge on any atom is -0.374 e. The maximum absolute atomic E-state index is 12.0. The normalized spacial score (nSPS) is 18.3. The Labute approximate surface area is 151 Å². The topological polar surface area (TPSA) is 76.7 Å². The number of hydrogen-bond donors (Lipinski definition) is 1. The molecule has 0 saturated carbocycles. The third-order valence-corrected chi connectivity index (χ3v) is 4.64. The van der Waals surface area contributed by atoms with Gasteiger partial charge in [-0.2, -0.15) is 5.10 Å². The Hall–Kier alpha value is -2.71. The number of pyridine rings is 1. The van der Waals surface area contributed by atoms with Crippen LogP contribution in [-0.4, -0.2) is 56.4 Å². The predicted octanol–water partition coefficient (Wildman–Crippen LogP) is 0.741. The van der Waals surface area contributed by atoms with Crippen molar-refractivity contribution in [1.29, 1.82) is 0 Å². The number of nitrogens with zero attached hydrogens (tertiary/aromatic N) is 5. The van der Waals surface area contributed by atoms with Gasteiger partial charge in [0.25, 0.3) is 5.56 Å². The zero-order valence-corrected chi connectivity index (χ0v) is 14.7. The Kier molecular flexibility index (Phi) is 4.68. The minimum absolute atomic E-state index is 0.0114. The molecule has 3 aromatic heterocycles. The Morgan fingerprint density at radius 3 is 3.19 bits per heavy atom. The molecule has 1 unspecified atom stereocenters. The minimum atomic E-state index is -0.133. The summed E-state index contributed by atoms with van der Waals surface area (Å²) in [5, 5.41) is 7.52. The van der Waals surface area contributed by atoms with Crippen LogP contribution in [0.2, 0.25) is 0 Å². The number of fused-ring (bicyclic) bond motifs is 1. The number of morpholine rings is 1. The van der Waals surface area contributed by atoms with E-state index < -0.39 is 0 Å². The smallest absolute Gasteiger partial charge is 0.293 e. The van der Waals surface area contributed by atoms with Gasteiger partial charge in [0, 0.05) is 57.4 Å². The van der Waals surface area contributed by atoms with Crippen molar-refractivity contribution in [3.63, 3.8) is 0 Å². The molecule has 0 bridgehead atoms. The number of aromatic nitrogens is 4. The van der Waals surface area contributed by atoms with E-state index in [-0.39, 0.29) is 11.7 Å². The molecule has 4 heterocycles. The molecule has 1 aliphatic heterocycles. The molecule has 0 radical (unpaired) electrons. The molecule has 1 atom stereocenters. The molecule has 1 N–H and O–H groups in total. The van der Waals surface area contributed by atoms with E-state index in [0.29, 0.717) is 19.0 Å². The lowest BCUT2D eigenvalue weighted by Gasteiger charge is -2.32. The molecule has 0 aromatic carbocycles. The van der Waals surface area contributed by atoms with Crippen LogP contribution in [0.3, 0.4) is 0 Å². The van der Waals surface area contributed by atoms with Gasteiger partial charge < -0.3 is 14.6 Å². The van der Waals surface area contributed by atoms with E-state index in [2.05, 4.69) is 26.4 Å². The van der Waals surface area contributed by atoms with Gasteiger partial charge in [-0.3, -0.25) is 9.69 Å². The summed E-state index contributed by atoms with van der Waals surface area (Å²) in [5.41, 5.74) is 2.20. The lowest BCUT2D eigenvalue weighted by atomic mass is 10.2. The van der Waals surface area contributed by atoms with Gasteiger partial charge in [0.2, 0.25) is 0 Å². The molecule has 1 saturated heterocycles. The molecule has 0 aliphatic carbocycles. The Balaban J connectivity index is 1.38. The summed E-state index contributed by atoms with van der Waals surface area (Å²) in [6.07, 6.45) is 7.15. The van der Waals surface area contributed by atoms with Gasteiger partial charge in [0.15, 0.2) is 5.82 Å². The third kappa shape index (κ3) is 3.47. The lowest BCUT2D eigenvalue weighted by molar-refractivity contribution is -0.0239. The SMILES string of the molecule is Cn1ccnc(NCC2CN(Cc3cnn4ccccc34)CCO2)c1=O. The zero-order valence-electron chi connectivity index (χ0n) is 14.7. The largest absolute Gasteiger partial charge is 0.374 e. The summed E-state index contributed by atoms with van der Waals surface area (Å²) in [4.78, 5) is 18.5. The number of aryl methyl sites for hydroxylation is 1. The second-order valence-electron chi connectivity index (χ2n) is 6.50. The van der Waals surface area contributed by atoms with Crippen molar-refractivity contribution >= 4 is 11.3 Å². The van der Waals surface area contributed by atoms with E-state index in [1.807, 2.05) is 29.0 Å². The van der Waals surface area contributed by atoms with E-state index >= 15 is 0 Å². The molecule has 0 spiro atoms. The highest BCUT2D eigenvalue weighted by molar-refractivity contribution is 5.53. The second-order valence-corrected chi connectivity index (χ2v) is 6.50. The number of nitrogens with one attached hydrogen (secondary N) is 1. The number of rotatable bonds is 5. The summed E-state index contributed by atoms with van der Waals surface area (Å²) in [6, 6.07) is 6.08. The monoisotopic (exact) mass is 354 g/mol. The van der Waals surface area contributed by atoms with Crippen LogP contribution in [0.15, 0.2) is 47.8 Å². The van der Waals surface area contributed by atoms with Crippen LogP contribution in [0.4, 0.5) is 5.82 Å². The van der Waals surface area contributed by atoms with Crippen molar-refractivity contribution in [3.8, 4) is 0 Å². The molecule has 1 fully saturated rings. The maximum atomic E-state index is 12.0. The van der Waals surface area contributed by atoms with E-state index in [0.717, 1.165) is 25.2 Å². The van der Waals surface area contributed by atoms with E-state index in [1.165, 1.54) is 10.1 Å². The zero-order chi connectivity index (χ0) is 17.9. The van der Waals surface area contributed by atoms with Crippen LogP contribution in [-0.2, 0) is 18.3 Å². The highest BCUT2D eigenvalue weighted by atomic mass is 16.5. The molecule has 3 aromatic rings. The van der Waals surface area contributed by atoms with Gasteiger partial charge in [-0.25, -0.2) is 9.50 Å². The van der Waals surface area contributed by atoms with Crippen molar-refractivity contribution in [1.82, 2.24) is 24.1 Å². The average molecular weight is 354 g/mol. The van der Waals surface area contributed by atoms with Crippen molar-refractivity contribution in [2.24, 2.45) is 7.05 Å². The lowest BCUT2D eigenvalue weighted by Crippen LogP contribution is -2.45. The van der Waals surface area contributed by atoms with Gasteiger partial charge in [0.05, 0.1) is 24.4 Å². The van der Waals surface area contributed by atoms with Gasteiger partial charge in [-0.15, -0.1) is 0 Å². The summed E-state index contributed by atoms with van der Waals surface area (Å²) >= 11 is 0. The fourth-order valence-electron chi connectivity index (χ4n) is 3.23.